The summed E-state index contributed by atoms with van der Waals surface area (Å²) in [5.74, 6) is 0.868. The number of hydrogen-bond donors (Lipinski definition) is 1. The number of aromatic amines is 1. The van der Waals surface area contributed by atoms with Crippen molar-refractivity contribution >= 4 is 22.5 Å². The molecular weight excluding hydrogens is 282 g/mol. The molecule has 0 amide bonds. The van der Waals surface area contributed by atoms with Crippen molar-refractivity contribution < 1.29 is 4.74 Å². The van der Waals surface area contributed by atoms with Gasteiger partial charge < -0.3 is 9.72 Å². The Hall–Kier alpha value is -1.93. The molecule has 0 unspecified atom stereocenters. The van der Waals surface area contributed by atoms with Crippen LogP contribution >= 0.6 is 11.6 Å². The smallest absolute Gasteiger partial charge is 0.128 e. The van der Waals surface area contributed by atoms with E-state index in [1.54, 1.807) is 7.11 Å². The lowest BCUT2D eigenvalue weighted by molar-refractivity contribution is 0.419. The van der Waals surface area contributed by atoms with Gasteiger partial charge in [-0.3, -0.25) is 0 Å². The molecule has 3 aromatic rings. The van der Waals surface area contributed by atoms with Crippen LogP contribution in [0.5, 0.6) is 5.75 Å². The van der Waals surface area contributed by atoms with E-state index in [1.165, 1.54) is 16.7 Å². The van der Waals surface area contributed by atoms with E-state index in [0.717, 1.165) is 27.4 Å². The summed E-state index contributed by atoms with van der Waals surface area (Å²) in [4.78, 5) is 3.52. The van der Waals surface area contributed by atoms with Crippen LogP contribution < -0.4 is 4.74 Å². The van der Waals surface area contributed by atoms with E-state index in [2.05, 4.69) is 43.1 Å². The van der Waals surface area contributed by atoms with E-state index in [1.807, 2.05) is 12.1 Å². The molecule has 21 heavy (non-hydrogen) atoms. The van der Waals surface area contributed by atoms with Gasteiger partial charge in [0.25, 0.3) is 0 Å². The normalized spacial score (nSPS) is 15.0. The van der Waals surface area contributed by atoms with Gasteiger partial charge in [-0.25, -0.2) is 0 Å². The topological polar surface area (TPSA) is 25.0 Å². The third-order valence-corrected chi connectivity index (χ3v) is 4.90. The zero-order valence-electron chi connectivity index (χ0n) is 12.3. The highest BCUT2D eigenvalue weighted by Gasteiger charge is 2.39. The van der Waals surface area contributed by atoms with Crippen molar-refractivity contribution in [2.45, 2.75) is 19.3 Å². The van der Waals surface area contributed by atoms with Crippen molar-refractivity contribution in [1.82, 2.24) is 4.98 Å². The van der Waals surface area contributed by atoms with E-state index in [9.17, 15) is 0 Å². The second-order valence-corrected chi connectivity index (χ2v) is 6.45. The maximum Gasteiger partial charge on any atom is 0.128 e. The first-order valence-electron chi connectivity index (χ1n) is 7.04. The SMILES string of the molecule is COc1ccc(Cl)c2[nH]c3c(c12)C(C)(C)c1ccccc1-3. The largest absolute Gasteiger partial charge is 0.496 e. The minimum atomic E-state index is -0.0673. The highest BCUT2D eigenvalue weighted by Crippen LogP contribution is 2.53. The number of hydrogen-bond acceptors (Lipinski definition) is 1. The van der Waals surface area contributed by atoms with E-state index < -0.39 is 0 Å². The van der Waals surface area contributed by atoms with Crippen LogP contribution in [0.4, 0.5) is 0 Å². The summed E-state index contributed by atoms with van der Waals surface area (Å²) in [6.45, 7) is 4.51. The zero-order valence-corrected chi connectivity index (χ0v) is 13.0. The lowest BCUT2D eigenvalue weighted by Gasteiger charge is -2.22. The summed E-state index contributed by atoms with van der Waals surface area (Å²) in [5.41, 5.74) is 5.93. The van der Waals surface area contributed by atoms with Gasteiger partial charge in [0.2, 0.25) is 0 Å². The second kappa shape index (κ2) is 4.05. The van der Waals surface area contributed by atoms with Crippen LogP contribution in [0.3, 0.4) is 0 Å². The van der Waals surface area contributed by atoms with Crippen LogP contribution in [0.2, 0.25) is 5.02 Å². The van der Waals surface area contributed by atoms with Crippen molar-refractivity contribution in [3.63, 3.8) is 0 Å². The minimum absolute atomic E-state index is 0.0673. The van der Waals surface area contributed by atoms with Crippen molar-refractivity contribution in [3.8, 4) is 17.0 Å². The molecule has 2 nitrogen and oxygen atoms in total. The van der Waals surface area contributed by atoms with Gasteiger partial charge in [0, 0.05) is 16.4 Å². The average Bonchev–Trinajstić information content (AvgIpc) is 2.98. The summed E-state index contributed by atoms with van der Waals surface area (Å²) >= 11 is 6.39. The maximum atomic E-state index is 6.39. The molecule has 0 bridgehead atoms. The monoisotopic (exact) mass is 297 g/mol. The Kier molecular flexibility index (Phi) is 2.46. The minimum Gasteiger partial charge on any atom is -0.496 e. The number of rotatable bonds is 1. The molecular formula is C18H16ClNO. The van der Waals surface area contributed by atoms with E-state index in [4.69, 9.17) is 16.3 Å². The molecule has 0 saturated heterocycles. The molecule has 0 radical (unpaired) electrons. The summed E-state index contributed by atoms with van der Waals surface area (Å²) in [6.07, 6.45) is 0. The van der Waals surface area contributed by atoms with Crippen LogP contribution in [0.15, 0.2) is 36.4 Å². The van der Waals surface area contributed by atoms with Crippen LogP contribution in [-0.4, -0.2) is 12.1 Å². The number of aromatic nitrogens is 1. The Balaban J connectivity index is 2.21. The van der Waals surface area contributed by atoms with Crippen LogP contribution in [0, 0.1) is 0 Å². The van der Waals surface area contributed by atoms with Crippen molar-refractivity contribution in [2.24, 2.45) is 0 Å². The first kappa shape index (κ1) is 12.8. The van der Waals surface area contributed by atoms with Gasteiger partial charge in [-0.1, -0.05) is 49.7 Å². The van der Waals surface area contributed by atoms with Gasteiger partial charge in [0.15, 0.2) is 0 Å². The fourth-order valence-corrected chi connectivity index (χ4v) is 3.82. The highest BCUT2D eigenvalue weighted by molar-refractivity contribution is 6.35. The Bertz CT molecular complexity index is 876. The molecule has 1 aliphatic rings. The number of fused-ring (bicyclic) bond motifs is 5. The Labute approximate surface area is 128 Å². The van der Waals surface area contributed by atoms with Gasteiger partial charge in [-0.2, -0.15) is 0 Å². The van der Waals surface area contributed by atoms with Gasteiger partial charge in [-0.05, 0) is 23.3 Å². The van der Waals surface area contributed by atoms with Gasteiger partial charge in [0.1, 0.15) is 5.75 Å². The predicted octanol–water partition coefficient (Wildman–Crippen LogP) is 5.14. The number of nitrogens with one attached hydrogen (secondary N) is 1. The molecule has 0 aliphatic heterocycles. The fourth-order valence-electron chi connectivity index (χ4n) is 3.62. The Morgan fingerprint density at radius 1 is 1.10 bits per heavy atom. The molecule has 1 heterocycles. The quantitative estimate of drug-likeness (QED) is 0.661. The Morgan fingerprint density at radius 3 is 2.62 bits per heavy atom. The molecule has 0 spiro atoms. The molecule has 0 fully saturated rings. The van der Waals surface area contributed by atoms with E-state index in [-0.39, 0.29) is 5.41 Å². The standard InChI is InChI=1S/C18H16ClNO/c1-18(2)11-7-5-4-6-10(11)16-15(18)14-13(21-3)9-8-12(19)17(14)20-16/h4-9,20H,1-3H3. The van der Waals surface area contributed by atoms with E-state index in [0.29, 0.717) is 0 Å². The summed E-state index contributed by atoms with van der Waals surface area (Å²) in [5, 5.41) is 1.83. The van der Waals surface area contributed by atoms with Gasteiger partial charge >= 0.3 is 0 Å². The summed E-state index contributed by atoms with van der Waals surface area (Å²) in [6, 6.07) is 12.4. The van der Waals surface area contributed by atoms with Crippen molar-refractivity contribution in [1.29, 1.82) is 0 Å². The highest BCUT2D eigenvalue weighted by atomic mass is 35.5. The Morgan fingerprint density at radius 2 is 1.86 bits per heavy atom. The number of methoxy groups -OCH3 is 1. The zero-order chi connectivity index (χ0) is 14.8. The van der Waals surface area contributed by atoms with Gasteiger partial charge in [-0.15, -0.1) is 0 Å². The number of H-pyrrole nitrogens is 1. The molecule has 3 heteroatoms. The number of ether oxygens (including phenoxy) is 1. The third kappa shape index (κ3) is 1.48. The first-order valence-corrected chi connectivity index (χ1v) is 7.42. The van der Waals surface area contributed by atoms with E-state index >= 15 is 0 Å². The molecule has 2 aromatic carbocycles. The van der Waals surface area contributed by atoms with Crippen LogP contribution in [-0.2, 0) is 5.41 Å². The molecule has 106 valence electrons. The molecule has 4 rings (SSSR count). The summed E-state index contributed by atoms with van der Waals surface area (Å²) < 4.78 is 5.58. The summed E-state index contributed by atoms with van der Waals surface area (Å²) in [7, 11) is 1.71. The predicted molar refractivity (Wildman–Crippen MR) is 87.4 cm³/mol. The molecule has 0 saturated carbocycles. The second-order valence-electron chi connectivity index (χ2n) is 6.05. The molecule has 1 N–H and O–H groups in total. The van der Waals surface area contributed by atoms with Crippen LogP contribution in [0.25, 0.3) is 22.2 Å². The lowest BCUT2D eigenvalue weighted by Crippen LogP contribution is -2.15. The number of halogens is 1. The van der Waals surface area contributed by atoms with Gasteiger partial charge in [0.05, 0.1) is 23.3 Å². The van der Waals surface area contributed by atoms with Crippen molar-refractivity contribution in [3.05, 3.63) is 52.5 Å². The lowest BCUT2D eigenvalue weighted by atomic mass is 9.81. The van der Waals surface area contributed by atoms with Crippen LogP contribution in [0.1, 0.15) is 25.0 Å². The maximum absolute atomic E-state index is 6.39. The number of benzene rings is 2. The molecule has 0 atom stereocenters. The fraction of sp³-hybridized carbons (Fsp3) is 0.222. The molecule has 1 aromatic heterocycles. The van der Waals surface area contributed by atoms with Crippen molar-refractivity contribution in [2.75, 3.05) is 7.11 Å². The first-order chi connectivity index (χ1) is 10.1. The average molecular weight is 298 g/mol. The third-order valence-electron chi connectivity index (χ3n) is 4.58. The molecule has 1 aliphatic carbocycles.